The lowest BCUT2D eigenvalue weighted by Gasteiger charge is -2.42. The number of hydrogen-bond donors (Lipinski definition) is 1. The molecule has 0 aliphatic heterocycles. The fourth-order valence-corrected chi connectivity index (χ4v) is 4.50. The topological polar surface area (TPSA) is 71.5 Å². The molecule has 0 radical (unpaired) electrons. The second-order valence-electron chi connectivity index (χ2n) is 8.14. The average molecular weight is 365 g/mol. The Balaban J connectivity index is 1.60. The molecule has 0 saturated heterocycles. The predicted octanol–water partition coefficient (Wildman–Crippen LogP) is 3.82. The van der Waals surface area contributed by atoms with Crippen LogP contribution >= 0.6 is 11.3 Å². The molecule has 4 rings (SSSR count). The van der Waals surface area contributed by atoms with E-state index in [0.717, 1.165) is 12.3 Å². The fourth-order valence-electron chi connectivity index (χ4n) is 3.73. The van der Waals surface area contributed by atoms with Gasteiger partial charge in [-0.1, -0.05) is 24.2 Å². The van der Waals surface area contributed by atoms with Crippen molar-refractivity contribution in [2.45, 2.75) is 64.5 Å². The van der Waals surface area contributed by atoms with Crippen LogP contribution in [-0.2, 0) is 4.74 Å². The Morgan fingerprint density at radius 2 is 1.96 bits per heavy atom. The molecule has 1 heterocycles. The molecule has 25 heavy (non-hydrogen) atoms. The normalized spacial score (nSPS) is 25.5. The molecule has 2 amide bonds. The molecule has 1 unspecified atom stereocenters. The number of carbonyl (C=O) groups is 2. The van der Waals surface area contributed by atoms with Gasteiger partial charge in [-0.2, -0.15) is 0 Å². The Morgan fingerprint density at radius 3 is 2.52 bits per heavy atom. The highest BCUT2D eigenvalue weighted by Gasteiger charge is 2.36. The molecule has 0 aromatic carbocycles. The first-order valence-electron chi connectivity index (χ1n) is 8.96. The number of nitrogens with one attached hydrogen (secondary N) is 1. The third-order valence-electron chi connectivity index (χ3n) is 5.04. The van der Waals surface area contributed by atoms with Crippen molar-refractivity contribution in [1.29, 1.82) is 0 Å². The quantitative estimate of drug-likeness (QED) is 0.884. The second kappa shape index (κ2) is 6.94. The van der Waals surface area contributed by atoms with Crippen LogP contribution in [0.25, 0.3) is 0 Å². The molecule has 3 aliphatic rings. The first kappa shape index (κ1) is 18.2. The monoisotopic (exact) mass is 365 g/mol. The van der Waals surface area contributed by atoms with E-state index in [2.05, 4.69) is 10.3 Å². The lowest BCUT2D eigenvalue weighted by Crippen LogP contribution is -2.46. The molecule has 3 saturated carbocycles. The molecular weight excluding hydrogens is 338 g/mol. The SMILES string of the molecule is CN(C(=O)OC(C)(C)C)c1ncc(C(=O)NC2CC3CCC2CC3)s1. The Bertz CT molecular complexity index is 644. The van der Waals surface area contributed by atoms with Crippen LogP contribution in [0.4, 0.5) is 9.93 Å². The summed E-state index contributed by atoms with van der Waals surface area (Å²) in [6.45, 7) is 5.45. The molecule has 1 atom stereocenters. The zero-order valence-corrected chi connectivity index (χ0v) is 16.2. The summed E-state index contributed by atoms with van der Waals surface area (Å²) in [4.78, 5) is 30.7. The Kier molecular flexibility index (Phi) is 5.04. The summed E-state index contributed by atoms with van der Waals surface area (Å²) in [7, 11) is 1.61. The Hall–Kier alpha value is -1.63. The van der Waals surface area contributed by atoms with Gasteiger partial charge in [0.25, 0.3) is 5.91 Å². The van der Waals surface area contributed by atoms with Gasteiger partial charge in [0.15, 0.2) is 5.13 Å². The van der Waals surface area contributed by atoms with Gasteiger partial charge in [0.2, 0.25) is 0 Å². The summed E-state index contributed by atoms with van der Waals surface area (Å²) in [5.41, 5.74) is -0.566. The molecular formula is C18H27N3O3S. The molecule has 6 nitrogen and oxygen atoms in total. The van der Waals surface area contributed by atoms with Crippen LogP contribution in [0.2, 0.25) is 0 Å². The fraction of sp³-hybridized carbons (Fsp3) is 0.722. The van der Waals surface area contributed by atoms with Crippen molar-refractivity contribution in [2.24, 2.45) is 11.8 Å². The van der Waals surface area contributed by atoms with Crippen LogP contribution in [0.1, 0.15) is 62.5 Å². The van der Waals surface area contributed by atoms with Gasteiger partial charge < -0.3 is 10.1 Å². The number of ether oxygens (including phenoxy) is 1. The van der Waals surface area contributed by atoms with Crippen molar-refractivity contribution < 1.29 is 14.3 Å². The van der Waals surface area contributed by atoms with Crippen molar-refractivity contribution in [1.82, 2.24) is 10.3 Å². The maximum Gasteiger partial charge on any atom is 0.416 e. The third-order valence-corrected chi connectivity index (χ3v) is 6.11. The van der Waals surface area contributed by atoms with Gasteiger partial charge in [0.05, 0.1) is 6.20 Å². The average Bonchev–Trinajstić information content (AvgIpc) is 3.03. The van der Waals surface area contributed by atoms with E-state index in [9.17, 15) is 9.59 Å². The van der Waals surface area contributed by atoms with Crippen LogP contribution < -0.4 is 10.2 Å². The molecule has 1 aromatic heterocycles. The van der Waals surface area contributed by atoms with E-state index >= 15 is 0 Å². The number of thiazole rings is 1. The summed E-state index contributed by atoms with van der Waals surface area (Å²) in [6, 6.07) is 0.286. The lowest BCUT2D eigenvalue weighted by molar-refractivity contribution is 0.0589. The lowest BCUT2D eigenvalue weighted by atomic mass is 9.68. The van der Waals surface area contributed by atoms with Crippen LogP contribution in [0.5, 0.6) is 0 Å². The van der Waals surface area contributed by atoms with Gasteiger partial charge >= 0.3 is 6.09 Å². The summed E-state index contributed by atoms with van der Waals surface area (Å²) < 4.78 is 5.33. The highest BCUT2D eigenvalue weighted by Crippen LogP contribution is 2.41. The number of amides is 2. The number of rotatable bonds is 3. The van der Waals surface area contributed by atoms with E-state index in [-0.39, 0.29) is 11.9 Å². The summed E-state index contributed by atoms with van der Waals surface area (Å²) in [5.74, 6) is 1.30. The molecule has 1 N–H and O–H groups in total. The van der Waals surface area contributed by atoms with Crippen molar-refractivity contribution >= 4 is 28.5 Å². The van der Waals surface area contributed by atoms with E-state index in [1.54, 1.807) is 7.05 Å². The van der Waals surface area contributed by atoms with Crippen LogP contribution in [0, 0.1) is 11.8 Å². The largest absolute Gasteiger partial charge is 0.443 e. The maximum absolute atomic E-state index is 12.5. The number of fused-ring (bicyclic) bond motifs is 3. The van der Waals surface area contributed by atoms with Crippen molar-refractivity contribution in [3.05, 3.63) is 11.1 Å². The van der Waals surface area contributed by atoms with Gasteiger partial charge in [-0.15, -0.1) is 0 Å². The standard InChI is InChI=1S/C18H27N3O3S/c1-18(2,3)24-17(23)21(4)16-19-10-14(25-16)15(22)20-13-9-11-5-7-12(13)8-6-11/h10-13H,5-9H2,1-4H3,(H,20,22). The van der Waals surface area contributed by atoms with Crippen molar-refractivity contribution in [3.8, 4) is 0 Å². The van der Waals surface area contributed by atoms with Crippen LogP contribution in [-0.4, -0.2) is 35.7 Å². The second-order valence-corrected chi connectivity index (χ2v) is 9.15. The Morgan fingerprint density at radius 1 is 1.28 bits per heavy atom. The minimum absolute atomic E-state index is 0.0844. The van der Waals surface area contributed by atoms with Crippen LogP contribution in [0.15, 0.2) is 6.20 Å². The third kappa shape index (κ3) is 4.32. The van der Waals surface area contributed by atoms with Crippen LogP contribution in [0.3, 0.4) is 0 Å². The van der Waals surface area contributed by atoms with E-state index in [1.807, 2.05) is 20.8 Å². The van der Waals surface area contributed by atoms with E-state index in [4.69, 9.17) is 4.74 Å². The van der Waals surface area contributed by atoms with E-state index in [1.165, 1.54) is 48.1 Å². The minimum atomic E-state index is -0.566. The number of anilines is 1. The van der Waals surface area contributed by atoms with Crippen molar-refractivity contribution in [3.63, 3.8) is 0 Å². The number of aromatic nitrogens is 1. The molecule has 0 spiro atoms. The molecule has 2 bridgehead atoms. The highest BCUT2D eigenvalue weighted by atomic mass is 32.1. The smallest absolute Gasteiger partial charge is 0.416 e. The van der Waals surface area contributed by atoms with E-state index in [0.29, 0.717) is 15.9 Å². The molecule has 7 heteroatoms. The number of carbonyl (C=O) groups excluding carboxylic acids is 2. The molecule has 3 fully saturated rings. The first-order valence-corrected chi connectivity index (χ1v) is 9.78. The Labute approximate surface area is 153 Å². The number of hydrogen-bond acceptors (Lipinski definition) is 5. The van der Waals surface area contributed by atoms with Gasteiger partial charge in [-0.3, -0.25) is 9.69 Å². The predicted molar refractivity (Wildman–Crippen MR) is 98.1 cm³/mol. The minimum Gasteiger partial charge on any atom is -0.443 e. The van der Waals surface area contributed by atoms with Gasteiger partial charge in [0, 0.05) is 13.1 Å². The zero-order chi connectivity index (χ0) is 18.2. The van der Waals surface area contributed by atoms with Gasteiger partial charge in [0.1, 0.15) is 10.5 Å². The first-order chi connectivity index (χ1) is 11.7. The summed E-state index contributed by atoms with van der Waals surface area (Å²) in [5, 5.41) is 3.65. The van der Waals surface area contributed by atoms with Crippen molar-refractivity contribution in [2.75, 3.05) is 11.9 Å². The summed E-state index contributed by atoms with van der Waals surface area (Å²) in [6.07, 6.45) is 7.23. The number of nitrogens with zero attached hydrogens (tertiary/aromatic N) is 2. The molecule has 138 valence electrons. The molecule has 1 aromatic rings. The van der Waals surface area contributed by atoms with Gasteiger partial charge in [-0.25, -0.2) is 9.78 Å². The van der Waals surface area contributed by atoms with E-state index < -0.39 is 11.7 Å². The maximum atomic E-state index is 12.5. The summed E-state index contributed by atoms with van der Waals surface area (Å²) >= 11 is 1.21. The molecule has 3 aliphatic carbocycles. The zero-order valence-electron chi connectivity index (χ0n) is 15.4. The highest BCUT2D eigenvalue weighted by molar-refractivity contribution is 7.17. The van der Waals surface area contributed by atoms with Gasteiger partial charge in [-0.05, 0) is 51.9 Å².